The van der Waals surface area contributed by atoms with Crippen molar-refractivity contribution < 1.29 is 22.7 Å². The Bertz CT molecular complexity index is 564. The molecule has 1 aliphatic heterocycles. The maximum absolute atomic E-state index is 12.3. The van der Waals surface area contributed by atoms with E-state index in [1.54, 1.807) is 18.2 Å². The largest absolute Gasteiger partial charge is 0.484 e. The summed E-state index contributed by atoms with van der Waals surface area (Å²) in [6, 6.07) is 6.44. The topological polar surface area (TPSA) is 50.4 Å². The smallest absolute Gasteiger partial charge is 0.422 e. The molecule has 0 aliphatic carbocycles. The van der Waals surface area contributed by atoms with Crippen molar-refractivity contribution in [3.63, 3.8) is 0 Å². The molecule has 2 unspecified atom stereocenters. The summed E-state index contributed by atoms with van der Waals surface area (Å²) in [5.41, 5.74) is 0.534. The second-order valence-electron chi connectivity index (χ2n) is 6.58. The van der Waals surface area contributed by atoms with E-state index in [1.165, 1.54) is 6.07 Å². The van der Waals surface area contributed by atoms with Crippen molar-refractivity contribution in [3.8, 4) is 5.75 Å². The molecule has 26 heavy (non-hydrogen) atoms. The Morgan fingerprint density at radius 3 is 2.77 bits per heavy atom. The number of hydrogen-bond acceptors (Lipinski definition) is 3. The fourth-order valence-corrected chi connectivity index (χ4v) is 3.04. The Morgan fingerprint density at radius 1 is 1.38 bits per heavy atom. The highest BCUT2D eigenvalue weighted by Crippen LogP contribution is 2.24. The van der Waals surface area contributed by atoms with Gasteiger partial charge in [0.1, 0.15) is 5.75 Å². The number of hydrogen-bond donors (Lipinski definition) is 2. The van der Waals surface area contributed by atoms with Crippen LogP contribution in [0.15, 0.2) is 24.3 Å². The summed E-state index contributed by atoms with van der Waals surface area (Å²) in [5.74, 6) is 0.805. The Balaban J connectivity index is 0.00000338. The molecule has 0 spiro atoms. The Labute approximate surface area is 158 Å². The second-order valence-corrected chi connectivity index (χ2v) is 6.58. The predicted molar refractivity (Wildman–Crippen MR) is 96.5 cm³/mol. The van der Waals surface area contributed by atoms with Crippen molar-refractivity contribution in [2.45, 2.75) is 38.9 Å². The van der Waals surface area contributed by atoms with E-state index in [9.17, 15) is 18.0 Å². The molecule has 1 aliphatic rings. The number of para-hydroxylation sites is 1. The molecular weight excluding hydrogens is 369 g/mol. The van der Waals surface area contributed by atoms with Gasteiger partial charge in [0.15, 0.2) is 6.61 Å². The van der Waals surface area contributed by atoms with Gasteiger partial charge in [-0.15, -0.1) is 12.4 Å². The van der Waals surface area contributed by atoms with Crippen LogP contribution in [-0.4, -0.2) is 31.8 Å². The minimum absolute atomic E-state index is 0. The zero-order chi connectivity index (χ0) is 18.3. The molecule has 2 N–H and O–H groups in total. The first-order valence-electron chi connectivity index (χ1n) is 8.60. The molecule has 0 saturated carbocycles. The van der Waals surface area contributed by atoms with Gasteiger partial charge >= 0.3 is 6.18 Å². The van der Waals surface area contributed by atoms with Crippen LogP contribution in [-0.2, 0) is 11.3 Å². The molecule has 148 valence electrons. The summed E-state index contributed by atoms with van der Waals surface area (Å²) in [4.78, 5) is 12.1. The van der Waals surface area contributed by atoms with Gasteiger partial charge in [0.05, 0.1) is 0 Å². The molecule has 1 fully saturated rings. The van der Waals surface area contributed by atoms with Gasteiger partial charge in [-0.25, -0.2) is 0 Å². The lowest BCUT2D eigenvalue weighted by atomic mass is 9.85. The molecule has 0 radical (unpaired) electrons. The normalized spacial score (nSPS) is 18.5. The zero-order valence-electron chi connectivity index (χ0n) is 14.8. The number of carbonyl (C=O) groups is 1. The first kappa shape index (κ1) is 22.6. The highest BCUT2D eigenvalue weighted by atomic mass is 35.5. The summed E-state index contributed by atoms with van der Waals surface area (Å²) in [6.07, 6.45) is -1.73. The number of ether oxygens (including phenoxy) is 1. The minimum atomic E-state index is -4.39. The summed E-state index contributed by atoms with van der Waals surface area (Å²) in [7, 11) is 0. The standard InChI is InChI=1S/C18H25F3N2O2.ClH/c1-13(14-6-4-8-22-10-14)9-17(24)23-11-15-5-2-3-7-16(15)25-12-18(19,20)21;/h2-3,5,7,13-14,22H,4,6,8-12H2,1H3,(H,23,24);1H. The Kier molecular flexibility index (Phi) is 9.22. The molecule has 2 rings (SSSR count). The zero-order valence-corrected chi connectivity index (χ0v) is 15.6. The lowest BCUT2D eigenvalue weighted by molar-refractivity contribution is -0.153. The Morgan fingerprint density at radius 2 is 2.12 bits per heavy atom. The predicted octanol–water partition coefficient (Wildman–Crippen LogP) is 3.69. The van der Waals surface area contributed by atoms with Crippen molar-refractivity contribution in [1.29, 1.82) is 0 Å². The SMILES string of the molecule is CC(CC(=O)NCc1ccccc1OCC(F)(F)F)C1CCCNC1.Cl. The maximum Gasteiger partial charge on any atom is 0.422 e. The van der Waals surface area contributed by atoms with E-state index in [0.717, 1.165) is 25.9 Å². The Hall–Kier alpha value is -1.47. The van der Waals surface area contributed by atoms with Gasteiger partial charge in [0.25, 0.3) is 0 Å². The number of carbonyl (C=O) groups excluding carboxylic acids is 1. The average Bonchev–Trinajstić information content (AvgIpc) is 2.59. The number of nitrogens with one attached hydrogen (secondary N) is 2. The quantitative estimate of drug-likeness (QED) is 0.741. The van der Waals surface area contributed by atoms with E-state index >= 15 is 0 Å². The number of rotatable bonds is 7. The van der Waals surface area contributed by atoms with Crippen LogP contribution in [0.4, 0.5) is 13.2 Å². The highest BCUT2D eigenvalue weighted by Gasteiger charge is 2.28. The second kappa shape index (κ2) is 10.6. The van der Waals surface area contributed by atoms with Gasteiger partial charge in [0, 0.05) is 18.5 Å². The van der Waals surface area contributed by atoms with Gasteiger partial charge in [-0.3, -0.25) is 4.79 Å². The average molecular weight is 395 g/mol. The number of benzene rings is 1. The van der Waals surface area contributed by atoms with Crippen molar-refractivity contribution in [2.75, 3.05) is 19.7 Å². The van der Waals surface area contributed by atoms with Crippen molar-refractivity contribution in [3.05, 3.63) is 29.8 Å². The first-order valence-corrected chi connectivity index (χ1v) is 8.60. The van der Waals surface area contributed by atoms with Gasteiger partial charge in [-0.2, -0.15) is 13.2 Å². The third-order valence-corrected chi connectivity index (χ3v) is 4.49. The molecule has 8 heteroatoms. The molecule has 1 amide bonds. The molecule has 1 aromatic rings. The van der Waals surface area contributed by atoms with Gasteiger partial charge in [0.2, 0.25) is 5.91 Å². The van der Waals surface area contributed by atoms with E-state index < -0.39 is 12.8 Å². The van der Waals surface area contributed by atoms with E-state index in [4.69, 9.17) is 4.74 Å². The van der Waals surface area contributed by atoms with Crippen LogP contribution >= 0.6 is 12.4 Å². The summed E-state index contributed by atoms with van der Waals surface area (Å²) < 4.78 is 41.7. The van der Waals surface area contributed by atoms with Crippen LogP contribution in [0.1, 0.15) is 31.7 Å². The monoisotopic (exact) mass is 394 g/mol. The first-order chi connectivity index (χ1) is 11.8. The van der Waals surface area contributed by atoms with Crippen molar-refractivity contribution in [1.82, 2.24) is 10.6 Å². The molecular formula is C18H26ClF3N2O2. The van der Waals surface area contributed by atoms with Crippen molar-refractivity contribution >= 4 is 18.3 Å². The van der Waals surface area contributed by atoms with Gasteiger partial charge in [-0.05, 0) is 43.8 Å². The van der Waals surface area contributed by atoms with Gasteiger partial charge in [-0.1, -0.05) is 25.1 Å². The number of piperidine rings is 1. The van der Waals surface area contributed by atoms with Crippen LogP contribution in [0.5, 0.6) is 5.75 Å². The maximum atomic E-state index is 12.3. The number of alkyl halides is 3. The van der Waals surface area contributed by atoms with E-state index in [2.05, 4.69) is 17.6 Å². The molecule has 4 nitrogen and oxygen atoms in total. The van der Waals surface area contributed by atoms with Crippen LogP contribution in [0.2, 0.25) is 0 Å². The molecule has 0 aromatic heterocycles. The molecule has 1 saturated heterocycles. The molecule has 1 aromatic carbocycles. The van der Waals surface area contributed by atoms with Crippen LogP contribution < -0.4 is 15.4 Å². The summed E-state index contributed by atoms with van der Waals surface area (Å²) in [6.45, 7) is 2.84. The number of amides is 1. The van der Waals surface area contributed by atoms with E-state index in [1.807, 2.05) is 0 Å². The van der Waals surface area contributed by atoms with Crippen LogP contribution in [0, 0.1) is 11.8 Å². The highest BCUT2D eigenvalue weighted by molar-refractivity contribution is 5.85. The van der Waals surface area contributed by atoms with Gasteiger partial charge < -0.3 is 15.4 Å². The van der Waals surface area contributed by atoms with Crippen molar-refractivity contribution in [2.24, 2.45) is 11.8 Å². The lowest BCUT2D eigenvalue weighted by Gasteiger charge is -2.28. The van der Waals surface area contributed by atoms with E-state index in [0.29, 0.717) is 17.9 Å². The van der Waals surface area contributed by atoms with Crippen LogP contribution in [0.25, 0.3) is 0 Å². The molecule has 1 heterocycles. The fourth-order valence-electron chi connectivity index (χ4n) is 3.04. The molecule has 0 bridgehead atoms. The third kappa shape index (κ3) is 7.83. The van der Waals surface area contributed by atoms with E-state index in [-0.39, 0.29) is 36.5 Å². The lowest BCUT2D eigenvalue weighted by Crippen LogP contribution is -2.35. The fraction of sp³-hybridized carbons (Fsp3) is 0.611. The summed E-state index contributed by atoms with van der Waals surface area (Å²) in [5, 5.41) is 6.13. The number of halogens is 4. The molecule has 2 atom stereocenters. The summed E-state index contributed by atoms with van der Waals surface area (Å²) >= 11 is 0. The van der Waals surface area contributed by atoms with Crippen LogP contribution in [0.3, 0.4) is 0 Å². The minimum Gasteiger partial charge on any atom is -0.484 e. The third-order valence-electron chi connectivity index (χ3n) is 4.49.